The second-order valence-corrected chi connectivity index (χ2v) is 9.01. The number of aliphatic hydroxyl groups excluding tert-OH is 1. The molecule has 206 valence electrons. The lowest BCUT2D eigenvalue weighted by atomic mass is 10.0. The number of carbonyl (C=O) groups is 4. The molecule has 7 N–H and O–H groups in total. The summed E-state index contributed by atoms with van der Waals surface area (Å²) >= 11 is 0. The zero-order valence-electron chi connectivity index (χ0n) is 21.7. The number of anilines is 1. The summed E-state index contributed by atoms with van der Waals surface area (Å²) in [5.41, 5.74) is 8.11. The summed E-state index contributed by atoms with van der Waals surface area (Å²) in [6.07, 6.45) is -0.118. The minimum absolute atomic E-state index is 0.0559. The molecule has 0 saturated heterocycles. The third-order valence-corrected chi connectivity index (χ3v) is 5.86. The standard InChI is InChI=1S/C30H29N3O7/c1-18(31)29(27(38)17-34)33-30(40)21-8-4-19(5-9-21)2-3-20-6-11-23(12-7-20)32-28(39)15-14-24(35)22-10-13-25(36)26(37)16-22/h4-13,16,18,29,34,36-37H,14-15,17,31H2,1H3,(H,32,39)(H,33,40)/t18-,29+/m1/s1. The Morgan fingerprint density at radius 2 is 1.40 bits per heavy atom. The highest BCUT2D eigenvalue weighted by Gasteiger charge is 2.24. The van der Waals surface area contributed by atoms with Crippen LogP contribution in [-0.2, 0) is 9.59 Å². The van der Waals surface area contributed by atoms with Crippen molar-refractivity contribution in [1.82, 2.24) is 5.32 Å². The summed E-state index contributed by atoms with van der Waals surface area (Å²) < 4.78 is 0. The molecule has 0 aliphatic carbocycles. The molecular formula is C30H29N3O7. The van der Waals surface area contributed by atoms with Crippen LogP contribution in [0.1, 0.15) is 51.6 Å². The van der Waals surface area contributed by atoms with Crippen LogP contribution < -0.4 is 16.4 Å². The lowest BCUT2D eigenvalue weighted by molar-refractivity contribution is -0.124. The molecular weight excluding hydrogens is 514 g/mol. The lowest BCUT2D eigenvalue weighted by Gasteiger charge is -2.20. The van der Waals surface area contributed by atoms with Crippen LogP contribution in [0.15, 0.2) is 66.7 Å². The van der Waals surface area contributed by atoms with Gasteiger partial charge in [-0.2, -0.15) is 0 Å². The number of phenolic OH excluding ortho intramolecular Hbond substituents is 2. The Balaban J connectivity index is 1.52. The zero-order valence-corrected chi connectivity index (χ0v) is 21.7. The molecule has 0 aliphatic rings. The van der Waals surface area contributed by atoms with E-state index in [0.29, 0.717) is 22.4 Å². The molecule has 0 bridgehead atoms. The van der Waals surface area contributed by atoms with Gasteiger partial charge in [0.2, 0.25) is 5.91 Å². The van der Waals surface area contributed by atoms with Crippen molar-refractivity contribution < 1.29 is 34.5 Å². The normalized spacial score (nSPS) is 11.9. The van der Waals surface area contributed by atoms with Gasteiger partial charge in [-0.25, -0.2) is 0 Å². The summed E-state index contributed by atoms with van der Waals surface area (Å²) in [5, 5.41) is 33.2. The average Bonchev–Trinajstić information content (AvgIpc) is 2.95. The molecule has 0 radical (unpaired) electrons. The van der Waals surface area contributed by atoms with Crippen LogP contribution >= 0.6 is 0 Å². The number of phenols is 2. The number of carbonyl (C=O) groups excluding carboxylic acids is 4. The van der Waals surface area contributed by atoms with Crippen molar-refractivity contribution in [3.8, 4) is 23.3 Å². The quantitative estimate of drug-likeness (QED) is 0.128. The molecule has 40 heavy (non-hydrogen) atoms. The molecule has 0 aromatic heterocycles. The van der Waals surface area contributed by atoms with E-state index in [4.69, 9.17) is 10.8 Å². The fraction of sp³-hybridized carbons (Fsp3) is 0.200. The molecule has 0 heterocycles. The summed E-state index contributed by atoms with van der Waals surface area (Å²) in [7, 11) is 0. The second kappa shape index (κ2) is 13.7. The number of benzene rings is 3. The fourth-order valence-corrected chi connectivity index (χ4v) is 3.61. The Kier molecular flexibility index (Phi) is 10.1. The van der Waals surface area contributed by atoms with E-state index in [2.05, 4.69) is 22.5 Å². The van der Waals surface area contributed by atoms with E-state index >= 15 is 0 Å². The number of amides is 2. The monoisotopic (exact) mass is 543 g/mol. The molecule has 2 atom stereocenters. The Morgan fingerprint density at radius 1 is 0.825 bits per heavy atom. The van der Waals surface area contributed by atoms with Gasteiger partial charge in [0.1, 0.15) is 12.6 Å². The molecule has 3 aromatic carbocycles. The highest BCUT2D eigenvalue weighted by atomic mass is 16.3. The van der Waals surface area contributed by atoms with Crippen molar-refractivity contribution in [2.75, 3.05) is 11.9 Å². The first-order chi connectivity index (χ1) is 19.1. The summed E-state index contributed by atoms with van der Waals surface area (Å²) in [6.45, 7) is 0.846. The topological polar surface area (TPSA) is 179 Å². The van der Waals surface area contributed by atoms with Crippen LogP contribution in [-0.4, -0.2) is 57.4 Å². The van der Waals surface area contributed by atoms with Crippen molar-refractivity contribution >= 4 is 29.1 Å². The number of hydrogen-bond donors (Lipinski definition) is 6. The first kappa shape index (κ1) is 29.6. The summed E-state index contributed by atoms with van der Waals surface area (Å²) in [4.78, 5) is 48.7. The maximum Gasteiger partial charge on any atom is 0.251 e. The average molecular weight is 544 g/mol. The highest BCUT2D eigenvalue weighted by molar-refractivity contribution is 6.00. The number of hydrogen-bond acceptors (Lipinski definition) is 8. The number of aromatic hydroxyl groups is 2. The van der Waals surface area contributed by atoms with Crippen LogP contribution in [0.3, 0.4) is 0 Å². The predicted octanol–water partition coefficient (Wildman–Crippen LogP) is 2.11. The smallest absolute Gasteiger partial charge is 0.251 e. The molecule has 3 rings (SSSR count). The Hall–Kier alpha value is -4.98. The maximum absolute atomic E-state index is 12.4. The Labute approximate surface area is 230 Å². The molecule has 10 heteroatoms. The van der Waals surface area contributed by atoms with Crippen molar-refractivity contribution in [1.29, 1.82) is 0 Å². The fourth-order valence-electron chi connectivity index (χ4n) is 3.61. The van der Waals surface area contributed by atoms with E-state index in [1.165, 1.54) is 12.1 Å². The van der Waals surface area contributed by atoms with Crippen molar-refractivity contribution in [3.05, 3.63) is 89.0 Å². The highest BCUT2D eigenvalue weighted by Crippen LogP contribution is 2.25. The third kappa shape index (κ3) is 8.26. The second-order valence-electron chi connectivity index (χ2n) is 9.01. The van der Waals surface area contributed by atoms with E-state index in [-0.39, 0.29) is 35.8 Å². The van der Waals surface area contributed by atoms with Crippen molar-refractivity contribution in [2.24, 2.45) is 5.73 Å². The molecule has 10 nitrogen and oxygen atoms in total. The first-order valence-electron chi connectivity index (χ1n) is 12.3. The van der Waals surface area contributed by atoms with Crippen LogP contribution in [0, 0.1) is 11.8 Å². The number of aliphatic hydroxyl groups is 1. The molecule has 0 saturated carbocycles. The van der Waals surface area contributed by atoms with Crippen molar-refractivity contribution in [2.45, 2.75) is 31.8 Å². The van der Waals surface area contributed by atoms with Gasteiger partial charge in [0.05, 0.1) is 0 Å². The van der Waals surface area contributed by atoms with Gasteiger partial charge in [0.15, 0.2) is 23.1 Å². The Morgan fingerprint density at radius 3 is 1.95 bits per heavy atom. The lowest BCUT2D eigenvalue weighted by Crippen LogP contribution is -2.52. The van der Waals surface area contributed by atoms with Gasteiger partial charge in [-0.1, -0.05) is 11.8 Å². The minimum atomic E-state index is -0.992. The SMILES string of the molecule is C[C@@H](N)[C@H](NC(=O)c1ccc(C#Cc2ccc(NC(=O)CCC(=O)c3ccc(O)c(O)c3)cc2)cc1)C(=O)CO. The third-order valence-electron chi connectivity index (χ3n) is 5.86. The molecule has 0 fully saturated rings. The van der Waals surface area contributed by atoms with Gasteiger partial charge in [0, 0.05) is 46.8 Å². The van der Waals surface area contributed by atoms with E-state index in [0.717, 1.165) is 6.07 Å². The van der Waals surface area contributed by atoms with Gasteiger partial charge in [-0.3, -0.25) is 19.2 Å². The van der Waals surface area contributed by atoms with Crippen LogP contribution in [0.25, 0.3) is 0 Å². The van der Waals surface area contributed by atoms with E-state index in [1.54, 1.807) is 55.5 Å². The summed E-state index contributed by atoms with van der Waals surface area (Å²) in [5.74, 6) is 3.49. The van der Waals surface area contributed by atoms with Crippen LogP contribution in [0.5, 0.6) is 11.5 Å². The molecule has 0 aliphatic heterocycles. The van der Waals surface area contributed by atoms with Gasteiger partial charge in [-0.05, 0) is 73.7 Å². The zero-order chi connectivity index (χ0) is 29.2. The number of rotatable bonds is 10. The van der Waals surface area contributed by atoms with Gasteiger partial charge < -0.3 is 31.7 Å². The van der Waals surface area contributed by atoms with Gasteiger partial charge in [0.25, 0.3) is 5.91 Å². The molecule has 3 aromatic rings. The predicted molar refractivity (Wildman–Crippen MR) is 148 cm³/mol. The van der Waals surface area contributed by atoms with Gasteiger partial charge >= 0.3 is 0 Å². The summed E-state index contributed by atoms with van der Waals surface area (Å²) in [6, 6.07) is 15.3. The van der Waals surface area contributed by atoms with Crippen LogP contribution in [0.4, 0.5) is 5.69 Å². The number of ketones is 2. The van der Waals surface area contributed by atoms with E-state index in [1.807, 2.05) is 0 Å². The Bertz CT molecular complexity index is 1450. The maximum atomic E-state index is 12.4. The van der Waals surface area contributed by atoms with E-state index in [9.17, 15) is 29.4 Å². The number of nitrogens with one attached hydrogen (secondary N) is 2. The minimum Gasteiger partial charge on any atom is -0.504 e. The first-order valence-corrected chi connectivity index (χ1v) is 12.3. The number of nitrogens with two attached hydrogens (primary N) is 1. The largest absolute Gasteiger partial charge is 0.504 e. The van der Waals surface area contributed by atoms with E-state index < -0.39 is 36.1 Å². The molecule has 2 amide bonds. The molecule has 0 unspecified atom stereocenters. The van der Waals surface area contributed by atoms with Gasteiger partial charge in [-0.15, -0.1) is 0 Å². The molecule has 0 spiro atoms. The van der Waals surface area contributed by atoms with Crippen molar-refractivity contribution in [3.63, 3.8) is 0 Å². The number of Topliss-reactive ketones (excluding diaryl/α,β-unsaturated/α-hetero) is 2. The van der Waals surface area contributed by atoms with Crippen LogP contribution in [0.2, 0.25) is 0 Å².